The predicted octanol–water partition coefficient (Wildman–Crippen LogP) is 0.174. The van der Waals surface area contributed by atoms with E-state index >= 15 is 0 Å². The van der Waals surface area contributed by atoms with Gasteiger partial charge < -0.3 is 5.32 Å². The van der Waals surface area contributed by atoms with Gasteiger partial charge in [-0.25, -0.2) is 0 Å². The lowest BCUT2D eigenvalue weighted by Gasteiger charge is -2.22. The van der Waals surface area contributed by atoms with Crippen LogP contribution in [-0.4, -0.2) is 30.6 Å². The number of rotatable bonds is 3. The molecule has 1 heterocycles. The molecule has 1 N–H and O–H groups in total. The van der Waals surface area contributed by atoms with Crippen LogP contribution in [-0.2, 0) is 4.79 Å². The predicted molar refractivity (Wildman–Crippen MR) is 39.5 cm³/mol. The SMILES string of the molecule is CC(NC=O)N1CCCC1. The first-order chi connectivity index (χ1) is 4.84. The van der Waals surface area contributed by atoms with Gasteiger partial charge in [-0.1, -0.05) is 0 Å². The van der Waals surface area contributed by atoms with Crippen LogP contribution in [0.5, 0.6) is 0 Å². The average Bonchev–Trinajstić information content (AvgIpc) is 2.38. The van der Waals surface area contributed by atoms with E-state index in [1.54, 1.807) is 0 Å². The Morgan fingerprint density at radius 1 is 1.50 bits per heavy atom. The molecule has 1 saturated heterocycles. The number of hydrogen-bond acceptors (Lipinski definition) is 2. The smallest absolute Gasteiger partial charge is 0.208 e. The van der Waals surface area contributed by atoms with Crippen molar-refractivity contribution >= 4 is 6.41 Å². The van der Waals surface area contributed by atoms with Crippen LogP contribution >= 0.6 is 0 Å². The molecule has 3 heteroatoms. The van der Waals surface area contributed by atoms with Crippen molar-refractivity contribution in [2.75, 3.05) is 13.1 Å². The van der Waals surface area contributed by atoms with Gasteiger partial charge in [0.05, 0.1) is 6.17 Å². The molecular formula is C7H14N2O. The van der Waals surface area contributed by atoms with Crippen molar-refractivity contribution in [3.8, 4) is 0 Å². The van der Waals surface area contributed by atoms with E-state index in [4.69, 9.17) is 0 Å². The Hall–Kier alpha value is -0.570. The van der Waals surface area contributed by atoms with Crippen LogP contribution in [0.4, 0.5) is 0 Å². The maximum Gasteiger partial charge on any atom is 0.208 e. The molecule has 58 valence electrons. The molecule has 1 unspecified atom stereocenters. The fourth-order valence-electron chi connectivity index (χ4n) is 1.33. The van der Waals surface area contributed by atoms with Crippen LogP contribution in [0, 0.1) is 0 Å². The molecule has 0 aliphatic carbocycles. The fraction of sp³-hybridized carbons (Fsp3) is 0.857. The van der Waals surface area contributed by atoms with Crippen LogP contribution in [0.15, 0.2) is 0 Å². The molecule has 0 aromatic rings. The van der Waals surface area contributed by atoms with Gasteiger partial charge in [0.2, 0.25) is 6.41 Å². The molecule has 3 nitrogen and oxygen atoms in total. The van der Waals surface area contributed by atoms with E-state index in [1.165, 1.54) is 12.8 Å². The highest BCUT2D eigenvalue weighted by Gasteiger charge is 2.16. The van der Waals surface area contributed by atoms with Gasteiger partial charge in [-0.15, -0.1) is 0 Å². The summed E-state index contributed by atoms with van der Waals surface area (Å²) in [4.78, 5) is 12.3. The first-order valence-corrected chi connectivity index (χ1v) is 3.78. The molecule has 1 amide bonds. The minimum atomic E-state index is 0.222. The van der Waals surface area contributed by atoms with Gasteiger partial charge in [-0.3, -0.25) is 9.69 Å². The summed E-state index contributed by atoms with van der Waals surface area (Å²) >= 11 is 0. The average molecular weight is 142 g/mol. The lowest BCUT2D eigenvalue weighted by molar-refractivity contribution is -0.111. The highest BCUT2D eigenvalue weighted by molar-refractivity contribution is 5.46. The zero-order valence-corrected chi connectivity index (χ0v) is 6.34. The van der Waals surface area contributed by atoms with E-state index in [0.717, 1.165) is 19.5 Å². The second-order valence-electron chi connectivity index (χ2n) is 2.70. The van der Waals surface area contributed by atoms with Gasteiger partial charge in [-0.05, 0) is 19.8 Å². The first kappa shape index (κ1) is 7.54. The third-order valence-electron chi connectivity index (χ3n) is 2.00. The van der Waals surface area contributed by atoms with Crippen LogP contribution in [0.2, 0.25) is 0 Å². The Morgan fingerprint density at radius 2 is 2.10 bits per heavy atom. The summed E-state index contributed by atoms with van der Waals surface area (Å²) in [5.41, 5.74) is 0. The van der Waals surface area contributed by atoms with Gasteiger partial charge in [-0.2, -0.15) is 0 Å². The van der Waals surface area contributed by atoms with Gasteiger partial charge >= 0.3 is 0 Å². The van der Waals surface area contributed by atoms with Crippen molar-refractivity contribution in [2.24, 2.45) is 0 Å². The number of carbonyl (C=O) groups is 1. The Kier molecular flexibility index (Phi) is 2.68. The van der Waals surface area contributed by atoms with Crippen molar-refractivity contribution in [3.05, 3.63) is 0 Å². The third kappa shape index (κ3) is 1.70. The highest BCUT2D eigenvalue weighted by Crippen LogP contribution is 2.08. The molecule has 0 aromatic carbocycles. The number of carbonyl (C=O) groups excluding carboxylic acids is 1. The van der Waals surface area contributed by atoms with E-state index in [1.807, 2.05) is 6.92 Å². The van der Waals surface area contributed by atoms with Crippen LogP contribution in [0.1, 0.15) is 19.8 Å². The Labute approximate surface area is 61.4 Å². The summed E-state index contributed by atoms with van der Waals surface area (Å²) in [6, 6.07) is 0. The van der Waals surface area contributed by atoms with E-state index in [2.05, 4.69) is 10.2 Å². The number of amides is 1. The summed E-state index contributed by atoms with van der Waals surface area (Å²) in [7, 11) is 0. The zero-order valence-electron chi connectivity index (χ0n) is 6.34. The second-order valence-corrected chi connectivity index (χ2v) is 2.70. The largest absolute Gasteiger partial charge is 0.343 e. The number of likely N-dealkylation sites (tertiary alicyclic amines) is 1. The topological polar surface area (TPSA) is 32.3 Å². The van der Waals surface area contributed by atoms with Gasteiger partial charge in [0.25, 0.3) is 0 Å². The Morgan fingerprint density at radius 3 is 2.60 bits per heavy atom. The summed E-state index contributed by atoms with van der Waals surface area (Å²) in [5, 5.41) is 2.73. The van der Waals surface area contributed by atoms with Crippen molar-refractivity contribution in [1.82, 2.24) is 10.2 Å². The van der Waals surface area contributed by atoms with Crippen LogP contribution in [0.25, 0.3) is 0 Å². The molecule has 1 aliphatic rings. The quantitative estimate of drug-likeness (QED) is 0.570. The molecule has 1 fully saturated rings. The molecule has 0 saturated carbocycles. The summed E-state index contributed by atoms with van der Waals surface area (Å²) < 4.78 is 0. The van der Waals surface area contributed by atoms with Crippen molar-refractivity contribution < 1.29 is 4.79 Å². The second kappa shape index (κ2) is 3.56. The fourth-order valence-corrected chi connectivity index (χ4v) is 1.33. The normalized spacial score (nSPS) is 22.5. The molecule has 1 atom stereocenters. The van der Waals surface area contributed by atoms with Crippen LogP contribution < -0.4 is 5.32 Å². The molecule has 0 bridgehead atoms. The van der Waals surface area contributed by atoms with E-state index in [0.29, 0.717) is 0 Å². The molecule has 0 aromatic heterocycles. The molecule has 1 rings (SSSR count). The van der Waals surface area contributed by atoms with Crippen molar-refractivity contribution in [2.45, 2.75) is 25.9 Å². The summed E-state index contributed by atoms with van der Waals surface area (Å²) in [6.45, 7) is 4.27. The minimum Gasteiger partial charge on any atom is -0.343 e. The number of nitrogens with zero attached hydrogens (tertiary/aromatic N) is 1. The van der Waals surface area contributed by atoms with Gasteiger partial charge in [0.1, 0.15) is 0 Å². The molecule has 1 aliphatic heterocycles. The Balaban J connectivity index is 2.24. The molecular weight excluding hydrogens is 128 g/mol. The standard InChI is InChI=1S/C7H14N2O/c1-7(8-6-10)9-4-2-3-5-9/h6-7H,2-5H2,1H3,(H,8,10). The highest BCUT2D eigenvalue weighted by atomic mass is 16.1. The van der Waals surface area contributed by atoms with E-state index in [9.17, 15) is 4.79 Å². The number of nitrogens with one attached hydrogen (secondary N) is 1. The summed E-state index contributed by atoms with van der Waals surface area (Å²) in [6.07, 6.45) is 3.53. The first-order valence-electron chi connectivity index (χ1n) is 3.78. The van der Waals surface area contributed by atoms with E-state index in [-0.39, 0.29) is 6.17 Å². The monoisotopic (exact) mass is 142 g/mol. The van der Waals surface area contributed by atoms with Gasteiger partial charge in [0.15, 0.2) is 0 Å². The van der Waals surface area contributed by atoms with Crippen molar-refractivity contribution in [3.63, 3.8) is 0 Å². The van der Waals surface area contributed by atoms with Crippen LogP contribution in [0.3, 0.4) is 0 Å². The lowest BCUT2D eigenvalue weighted by Crippen LogP contribution is -2.41. The van der Waals surface area contributed by atoms with Crippen molar-refractivity contribution in [1.29, 1.82) is 0 Å². The number of hydrogen-bond donors (Lipinski definition) is 1. The summed E-state index contributed by atoms with van der Waals surface area (Å²) in [5.74, 6) is 0. The maximum absolute atomic E-state index is 10.0. The van der Waals surface area contributed by atoms with E-state index < -0.39 is 0 Å². The Bertz CT molecular complexity index is 110. The zero-order chi connectivity index (χ0) is 7.40. The minimum absolute atomic E-state index is 0.222. The molecule has 0 radical (unpaired) electrons. The molecule has 0 spiro atoms. The van der Waals surface area contributed by atoms with Gasteiger partial charge in [0, 0.05) is 13.1 Å². The maximum atomic E-state index is 10.0. The lowest BCUT2D eigenvalue weighted by atomic mass is 10.4. The third-order valence-corrected chi connectivity index (χ3v) is 2.00. The molecule has 10 heavy (non-hydrogen) atoms.